The second-order valence-electron chi connectivity index (χ2n) is 9.62. The van der Waals surface area contributed by atoms with Gasteiger partial charge in [-0.25, -0.2) is 0 Å². The van der Waals surface area contributed by atoms with Gasteiger partial charge in [-0.05, 0) is 69.1 Å². The minimum Gasteiger partial charge on any atom is -0.462 e. The van der Waals surface area contributed by atoms with E-state index in [9.17, 15) is 4.79 Å². The number of esters is 1. The summed E-state index contributed by atoms with van der Waals surface area (Å²) in [5.41, 5.74) is 1.76. The van der Waals surface area contributed by atoms with Crippen LogP contribution in [0.5, 0.6) is 0 Å². The topological polar surface area (TPSA) is 30.7 Å². The highest BCUT2D eigenvalue weighted by Crippen LogP contribution is 2.56. The van der Waals surface area contributed by atoms with E-state index in [1.807, 2.05) is 0 Å². The van der Waals surface area contributed by atoms with E-state index < -0.39 is 0 Å². The highest BCUT2D eigenvalue weighted by Gasteiger charge is 2.56. The number of carbonyl (C=O) groups is 1. The summed E-state index contributed by atoms with van der Waals surface area (Å²) >= 11 is 0. The molecule has 2 saturated heterocycles. The SMILES string of the molecule is C=C1CCC[C@]2(C)C[C@H]3OC(=O)[C@H](C[NH+]4CCCC[C@@H]4CC)[C@H]3C[C@H]12. The number of piperidine rings is 1. The van der Waals surface area contributed by atoms with Gasteiger partial charge in [0.05, 0.1) is 19.1 Å². The Morgan fingerprint density at radius 3 is 2.96 bits per heavy atom. The highest BCUT2D eigenvalue weighted by molar-refractivity contribution is 5.75. The van der Waals surface area contributed by atoms with Gasteiger partial charge in [-0.2, -0.15) is 0 Å². The molecule has 0 aromatic heterocycles. The molecular formula is C22H36NO2+. The summed E-state index contributed by atoms with van der Waals surface area (Å²) < 4.78 is 5.96. The van der Waals surface area contributed by atoms with Gasteiger partial charge < -0.3 is 9.64 Å². The van der Waals surface area contributed by atoms with Crippen molar-refractivity contribution >= 4 is 5.97 Å². The Kier molecular flexibility index (Phi) is 4.72. The lowest BCUT2D eigenvalue weighted by atomic mass is 9.55. The van der Waals surface area contributed by atoms with E-state index in [0.29, 0.717) is 17.3 Å². The van der Waals surface area contributed by atoms with E-state index in [-0.39, 0.29) is 18.0 Å². The molecule has 25 heavy (non-hydrogen) atoms. The van der Waals surface area contributed by atoms with Crippen LogP contribution in [0.1, 0.15) is 71.6 Å². The molecule has 0 bridgehead atoms. The van der Waals surface area contributed by atoms with Gasteiger partial charge in [0, 0.05) is 5.92 Å². The smallest absolute Gasteiger partial charge is 0.315 e. The van der Waals surface area contributed by atoms with Crippen LogP contribution in [-0.4, -0.2) is 31.2 Å². The highest BCUT2D eigenvalue weighted by atomic mass is 16.6. The molecule has 2 heterocycles. The van der Waals surface area contributed by atoms with E-state index in [0.717, 1.165) is 25.4 Å². The van der Waals surface area contributed by atoms with Crippen LogP contribution in [0.3, 0.4) is 0 Å². The zero-order valence-corrected chi connectivity index (χ0v) is 16.2. The van der Waals surface area contributed by atoms with E-state index in [2.05, 4.69) is 20.4 Å². The predicted octanol–water partition coefficient (Wildman–Crippen LogP) is 3.15. The number of ether oxygens (including phenoxy) is 1. The van der Waals surface area contributed by atoms with Crippen LogP contribution < -0.4 is 4.90 Å². The third-order valence-electron chi connectivity index (χ3n) is 8.17. The van der Waals surface area contributed by atoms with Gasteiger partial charge in [-0.3, -0.25) is 4.79 Å². The molecule has 4 fully saturated rings. The monoisotopic (exact) mass is 346 g/mol. The Morgan fingerprint density at radius 2 is 2.16 bits per heavy atom. The molecule has 1 N–H and O–H groups in total. The number of hydrogen-bond acceptors (Lipinski definition) is 2. The molecule has 0 aromatic carbocycles. The van der Waals surface area contributed by atoms with E-state index in [1.165, 1.54) is 57.1 Å². The van der Waals surface area contributed by atoms with Crippen LogP contribution >= 0.6 is 0 Å². The van der Waals surface area contributed by atoms with Gasteiger partial charge >= 0.3 is 5.97 Å². The fourth-order valence-corrected chi connectivity index (χ4v) is 6.68. The fourth-order valence-electron chi connectivity index (χ4n) is 6.68. The summed E-state index contributed by atoms with van der Waals surface area (Å²) in [5, 5.41) is 0. The molecule has 2 saturated carbocycles. The summed E-state index contributed by atoms with van der Waals surface area (Å²) in [6, 6.07) is 0.749. The maximum atomic E-state index is 12.7. The molecule has 3 heteroatoms. The third-order valence-corrected chi connectivity index (χ3v) is 8.17. The molecule has 4 aliphatic rings. The van der Waals surface area contributed by atoms with Crippen molar-refractivity contribution in [3.05, 3.63) is 12.2 Å². The first kappa shape index (κ1) is 17.6. The number of fused-ring (bicyclic) bond motifs is 2. The molecule has 2 aliphatic carbocycles. The third kappa shape index (κ3) is 3.07. The zero-order valence-electron chi connectivity index (χ0n) is 16.2. The van der Waals surface area contributed by atoms with Crippen LogP contribution in [0.4, 0.5) is 0 Å². The van der Waals surface area contributed by atoms with Crippen LogP contribution in [0.25, 0.3) is 0 Å². The maximum Gasteiger partial charge on any atom is 0.315 e. The second-order valence-corrected chi connectivity index (χ2v) is 9.62. The van der Waals surface area contributed by atoms with Crippen LogP contribution in [0.2, 0.25) is 0 Å². The van der Waals surface area contributed by atoms with Gasteiger partial charge in [-0.1, -0.05) is 26.0 Å². The molecule has 1 unspecified atom stereocenters. The van der Waals surface area contributed by atoms with Gasteiger partial charge in [-0.15, -0.1) is 0 Å². The van der Waals surface area contributed by atoms with Gasteiger partial charge in [0.1, 0.15) is 12.0 Å². The number of allylic oxidation sites excluding steroid dienone is 1. The number of carbonyl (C=O) groups excluding carboxylic acids is 1. The summed E-state index contributed by atoms with van der Waals surface area (Å²) in [5.74, 6) is 1.28. The van der Waals surface area contributed by atoms with E-state index >= 15 is 0 Å². The summed E-state index contributed by atoms with van der Waals surface area (Å²) in [4.78, 5) is 14.4. The number of rotatable bonds is 3. The number of quaternary nitrogens is 1. The lowest BCUT2D eigenvalue weighted by Crippen LogP contribution is -3.17. The average Bonchev–Trinajstić information content (AvgIpc) is 2.88. The first-order valence-corrected chi connectivity index (χ1v) is 10.7. The van der Waals surface area contributed by atoms with Gasteiger partial charge in [0.2, 0.25) is 0 Å². The fraction of sp³-hybridized carbons (Fsp3) is 0.864. The van der Waals surface area contributed by atoms with Crippen molar-refractivity contribution in [1.82, 2.24) is 0 Å². The first-order chi connectivity index (χ1) is 12.0. The molecule has 3 nitrogen and oxygen atoms in total. The molecule has 4 rings (SSSR count). The number of nitrogens with one attached hydrogen (secondary N) is 1. The predicted molar refractivity (Wildman–Crippen MR) is 99.3 cm³/mol. The molecule has 7 atom stereocenters. The maximum absolute atomic E-state index is 12.7. The van der Waals surface area contributed by atoms with E-state index in [1.54, 1.807) is 4.90 Å². The van der Waals surface area contributed by atoms with Crippen molar-refractivity contribution in [2.75, 3.05) is 13.1 Å². The number of likely N-dealkylation sites (tertiary alicyclic amines) is 1. The standard InChI is InChI=1S/C22H35NO2/c1-4-16-9-5-6-11-23(16)14-18-17-12-19-15(2)8-7-10-22(19,3)13-20(17)25-21(18)24/h16-20H,2,4-14H2,1,3H3/p+1/t16-,17+,18+,19+,20+,22+/m0/s1. The molecule has 140 valence electrons. The lowest BCUT2D eigenvalue weighted by molar-refractivity contribution is -0.933. The van der Waals surface area contributed by atoms with Crippen molar-refractivity contribution < 1.29 is 14.4 Å². The minimum absolute atomic E-state index is 0.107. The quantitative estimate of drug-likeness (QED) is 0.629. The summed E-state index contributed by atoms with van der Waals surface area (Å²) in [7, 11) is 0. The molecular weight excluding hydrogens is 310 g/mol. The molecule has 0 aromatic rings. The Morgan fingerprint density at radius 1 is 1.32 bits per heavy atom. The van der Waals surface area contributed by atoms with Crippen molar-refractivity contribution in [2.24, 2.45) is 23.2 Å². The van der Waals surface area contributed by atoms with Crippen molar-refractivity contribution in [3.63, 3.8) is 0 Å². The summed E-state index contributed by atoms with van der Waals surface area (Å²) in [6.45, 7) is 11.4. The number of hydrogen-bond donors (Lipinski definition) is 1. The Bertz CT molecular complexity index is 544. The molecule has 0 radical (unpaired) electrons. The molecule has 2 aliphatic heterocycles. The zero-order chi connectivity index (χ0) is 17.6. The Labute approximate surface area is 153 Å². The van der Waals surface area contributed by atoms with Gasteiger partial charge in [0.25, 0.3) is 0 Å². The largest absolute Gasteiger partial charge is 0.462 e. The van der Waals surface area contributed by atoms with Crippen LogP contribution in [-0.2, 0) is 9.53 Å². The van der Waals surface area contributed by atoms with Crippen molar-refractivity contribution in [3.8, 4) is 0 Å². The first-order valence-electron chi connectivity index (χ1n) is 10.7. The van der Waals surface area contributed by atoms with Crippen molar-refractivity contribution in [1.29, 1.82) is 0 Å². The molecule has 0 amide bonds. The second kappa shape index (κ2) is 6.72. The Balaban J connectivity index is 1.51. The lowest BCUT2D eigenvalue weighted by Gasteiger charge is -2.50. The minimum atomic E-state index is 0.107. The average molecular weight is 347 g/mol. The van der Waals surface area contributed by atoms with Crippen LogP contribution in [0, 0.1) is 23.2 Å². The Hall–Kier alpha value is -0.830. The van der Waals surface area contributed by atoms with Crippen molar-refractivity contribution in [2.45, 2.75) is 83.8 Å². The summed E-state index contributed by atoms with van der Waals surface area (Å²) in [6.07, 6.45) is 11.4. The van der Waals surface area contributed by atoms with E-state index in [4.69, 9.17) is 4.74 Å². The molecule has 0 spiro atoms. The van der Waals surface area contributed by atoms with Crippen LogP contribution in [0.15, 0.2) is 12.2 Å². The van der Waals surface area contributed by atoms with Gasteiger partial charge in [0.15, 0.2) is 0 Å². The normalized spacial score (nSPS) is 47.1.